The fourth-order valence-electron chi connectivity index (χ4n) is 7.39. The van der Waals surface area contributed by atoms with Crippen LogP contribution in [0.15, 0.2) is 60.7 Å². The van der Waals surface area contributed by atoms with Crippen LogP contribution in [0, 0.1) is 6.92 Å². The summed E-state index contributed by atoms with van der Waals surface area (Å²) in [7, 11) is -2.01. The van der Waals surface area contributed by atoms with Crippen LogP contribution in [0.5, 0.6) is 17.2 Å². The molecule has 248 valence electrons. The number of nitrogens with one attached hydrogen (secondary N) is 1. The summed E-state index contributed by atoms with van der Waals surface area (Å²) in [6.45, 7) is 24.5. The molecule has 0 atom stereocenters. The molecular formula is C39H54N2O3SSi. The van der Waals surface area contributed by atoms with E-state index in [-0.39, 0.29) is 6.10 Å². The highest BCUT2D eigenvalue weighted by Crippen LogP contribution is 2.46. The molecule has 1 saturated heterocycles. The van der Waals surface area contributed by atoms with Gasteiger partial charge in [-0.2, -0.15) is 0 Å². The second-order valence-electron chi connectivity index (χ2n) is 14.1. The average Bonchev–Trinajstić information content (AvgIpc) is 3.64. The number of fused-ring (bicyclic) bond motifs is 1. The van der Waals surface area contributed by atoms with E-state index < -0.39 is 8.32 Å². The van der Waals surface area contributed by atoms with E-state index in [9.17, 15) is 0 Å². The number of hydrogen-bond acceptors (Lipinski definition) is 6. The predicted octanol–water partition coefficient (Wildman–Crippen LogP) is 11.4. The van der Waals surface area contributed by atoms with Crippen LogP contribution in [0.2, 0.25) is 16.6 Å². The van der Waals surface area contributed by atoms with Crippen molar-refractivity contribution in [3.63, 3.8) is 0 Å². The van der Waals surface area contributed by atoms with E-state index in [1.54, 1.807) is 0 Å². The van der Waals surface area contributed by atoms with Crippen molar-refractivity contribution in [2.24, 2.45) is 0 Å². The van der Waals surface area contributed by atoms with Gasteiger partial charge in [-0.3, -0.25) is 4.90 Å². The van der Waals surface area contributed by atoms with Crippen molar-refractivity contribution in [2.75, 3.05) is 31.6 Å². The van der Waals surface area contributed by atoms with Crippen LogP contribution in [0.3, 0.4) is 0 Å². The molecule has 3 aromatic carbocycles. The van der Waals surface area contributed by atoms with E-state index in [1.807, 2.05) is 11.3 Å². The monoisotopic (exact) mass is 658 g/mol. The van der Waals surface area contributed by atoms with Gasteiger partial charge in [-0.15, -0.1) is 11.3 Å². The summed E-state index contributed by atoms with van der Waals surface area (Å²) in [5.74, 6) is 2.77. The maximum Gasteiger partial charge on any atom is 0.258 e. The van der Waals surface area contributed by atoms with Crippen LogP contribution in [0.25, 0.3) is 20.5 Å². The molecule has 46 heavy (non-hydrogen) atoms. The predicted molar refractivity (Wildman–Crippen MR) is 200 cm³/mol. The lowest BCUT2D eigenvalue weighted by Gasteiger charge is -2.42. The molecular weight excluding hydrogens is 605 g/mol. The molecule has 0 amide bonds. The first-order chi connectivity index (χ1) is 22.0. The Morgan fingerprint density at radius 2 is 1.39 bits per heavy atom. The van der Waals surface area contributed by atoms with Crippen LogP contribution in [-0.4, -0.2) is 45.6 Å². The minimum absolute atomic E-state index is 0.0913. The number of ether oxygens (including phenoxy) is 2. The van der Waals surface area contributed by atoms with E-state index >= 15 is 0 Å². The summed E-state index contributed by atoms with van der Waals surface area (Å²) in [6.07, 6.45) is 2.70. The molecule has 0 unspecified atom stereocenters. The molecule has 2 heterocycles. The standard InChI is InChI=1S/C39H54N2O3SSi/c1-26(2)43-35-24-36(40-32-14-18-33(19-15-32)42-23-22-41-20-10-11-21-41)38-30(9)39(45-37(38)25-35)31-12-16-34(17-13-31)44-46(27(3)4,28(5)6)29(7)8/h12-19,24-29,40H,10-11,20-23H2,1-9H3. The van der Waals surface area contributed by atoms with Crippen molar-refractivity contribution in [3.05, 3.63) is 66.2 Å². The van der Waals surface area contributed by atoms with Gasteiger partial charge in [-0.1, -0.05) is 41.5 Å². The van der Waals surface area contributed by atoms with Crippen LogP contribution in [0.4, 0.5) is 11.4 Å². The zero-order chi connectivity index (χ0) is 33.0. The number of rotatable bonds is 14. The Bertz CT molecular complexity index is 1550. The Balaban J connectivity index is 1.40. The van der Waals surface area contributed by atoms with E-state index in [2.05, 4.69) is 133 Å². The first-order valence-electron chi connectivity index (χ1n) is 17.2. The lowest BCUT2D eigenvalue weighted by Crippen LogP contribution is -2.50. The summed E-state index contributed by atoms with van der Waals surface area (Å²) >= 11 is 1.82. The summed E-state index contributed by atoms with van der Waals surface area (Å²) in [5, 5.41) is 4.94. The zero-order valence-electron chi connectivity index (χ0n) is 29.4. The number of likely N-dealkylation sites (tertiary alicyclic amines) is 1. The second kappa shape index (κ2) is 14.8. The van der Waals surface area contributed by atoms with Crippen LogP contribution < -0.4 is 19.2 Å². The van der Waals surface area contributed by atoms with Crippen LogP contribution in [0.1, 0.15) is 73.8 Å². The second-order valence-corrected chi connectivity index (χ2v) is 20.5. The van der Waals surface area contributed by atoms with Gasteiger partial charge in [0.15, 0.2) is 0 Å². The van der Waals surface area contributed by atoms with Crippen LogP contribution >= 0.6 is 11.3 Å². The number of hydrogen-bond donors (Lipinski definition) is 1. The average molecular weight is 659 g/mol. The number of anilines is 2. The maximum absolute atomic E-state index is 6.96. The minimum atomic E-state index is -2.01. The number of thiophene rings is 1. The molecule has 0 saturated carbocycles. The smallest absolute Gasteiger partial charge is 0.258 e. The molecule has 1 fully saturated rings. The van der Waals surface area contributed by atoms with Gasteiger partial charge >= 0.3 is 0 Å². The zero-order valence-corrected chi connectivity index (χ0v) is 31.2. The molecule has 5 nitrogen and oxygen atoms in total. The number of nitrogens with zero attached hydrogens (tertiary/aromatic N) is 1. The van der Waals surface area contributed by atoms with E-state index in [4.69, 9.17) is 13.9 Å². The van der Waals surface area contributed by atoms with Gasteiger partial charge < -0.3 is 19.2 Å². The highest BCUT2D eigenvalue weighted by Gasteiger charge is 2.47. The lowest BCUT2D eigenvalue weighted by atomic mass is 10.1. The van der Waals surface area contributed by atoms with E-state index in [0.717, 1.165) is 41.8 Å². The van der Waals surface area contributed by atoms with Crippen molar-refractivity contribution >= 4 is 41.1 Å². The fourth-order valence-corrected chi connectivity index (χ4v) is 13.9. The normalized spacial score (nSPS) is 14.3. The Kier molecular flexibility index (Phi) is 11.1. The van der Waals surface area contributed by atoms with Crippen molar-refractivity contribution in [1.29, 1.82) is 0 Å². The number of aryl methyl sites for hydroxylation is 1. The third-order valence-electron chi connectivity index (χ3n) is 9.50. The van der Waals surface area contributed by atoms with Crippen LogP contribution in [-0.2, 0) is 0 Å². The van der Waals surface area contributed by atoms with Crippen molar-refractivity contribution in [3.8, 4) is 27.7 Å². The topological polar surface area (TPSA) is 43.0 Å². The molecule has 0 bridgehead atoms. The van der Waals surface area contributed by atoms with Crippen molar-refractivity contribution < 1.29 is 13.9 Å². The van der Waals surface area contributed by atoms with Gasteiger partial charge in [-0.05, 0) is 129 Å². The summed E-state index contributed by atoms with van der Waals surface area (Å²) in [6, 6.07) is 21.5. The first kappa shape index (κ1) is 34.3. The Morgan fingerprint density at radius 3 is 1.98 bits per heavy atom. The quantitative estimate of drug-likeness (QED) is 0.137. The van der Waals surface area contributed by atoms with Gasteiger partial charge in [0.1, 0.15) is 23.9 Å². The Hall–Kier alpha value is -3.00. The summed E-state index contributed by atoms with van der Waals surface area (Å²) in [4.78, 5) is 3.75. The maximum atomic E-state index is 6.96. The third-order valence-corrected chi connectivity index (χ3v) is 16.8. The highest BCUT2D eigenvalue weighted by molar-refractivity contribution is 7.22. The molecule has 4 aromatic rings. The van der Waals surface area contributed by atoms with Crippen molar-refractivity contribution in [1.82, 2.24) is 4.90 Å². The molecule has 5 rings (SSSR count). The summed E-state index contributed by atoms with van der Waals surface area (Å²) in [5.41, 5.74) is 6.17. The van der Waals surface area contributed by atoms with Gasteiger partial charge in [-0.25, -0.2) is 0 Å². The molecule has 1 N–H and O–H groups in total. The summed E-state index contributed by atoms with van der Waals surface area (Å²) < 4.78 is 20.4. The SMILES string of the molecule is Cc1c(-c2ccc(O[Si](C(C)C)(C(C)C)C(C)C)cc2)sc2cc(OC(C)C)cc(Nc3ccc(OCCN4CCCC4)cc3)c12. The van der Waals surface area contributed by atoms with Gasteiger partial charge in [0.05, 0.1) is 11.8 Å². The van der Waals surface area contributed by atoms with Gasteiger partial charge in [0.2, 0.25) is 0 Å². The largest absolute Gasteiger partial charge is 0.543 e. The molecule has 1 aromatic heterocycles. The highest BCUT2D eigenvalue weighted by atomic mass is 32.1. The Morgan fingerprint density at radius 1 is 0.783 bits per heavy atom. The van der Waals surface area contributed by atoms with Gasteiger partial charge in [0.25, 0.3) is 8.32 Å². The molecule has 0 spiro atoms. The Labute approximate surface area is 282 Å². The molecule has 0 aliphatic carbocycles. The molecule has 0 radical (unpaired) electrons. The van der Waals surface area contributed by atoms with E-state index in [0.29, 0.717) is 16.6 Å². The first-order valence-corrected chi connectivity index (χ1v) is 20.2. The van der Waals surface area contributed by atoms with E-state index in [1.165, 1.54) is 52.0 Å². The number of benzene rings is 3. The molecule has 7 heteroatoms. The van der Waals surface area contributed by atoms with Gasteiger partial charge in [0, 0.05) is 33.3 Å². The third kappa shape index (κ3) is 7.58. The molecule has 1 aliphatic heterocycles. The molecule has 1 aliphatic rings. The lowest BCUT2D eigenvalue weighted by molar-refractivity contribution is 0.238. The fraction of sp³-hybridized carbons (Fsp3) is 0.487. The van der Waals surface area contributed by atoms with Crippen molar-refractivity contribution in [2.45, 2.75) is 97.9 Å². The minimum Gasteiger partial charge on any atom is -0.543 e.